The van der Waals surface area contributed by atoms with Crippen molar-refractivity contribution in [1.29, 1.82) is 0 Å². The van der Waals surface area contributed by atoms with Crippen molar-refractivity contribution < 1.29 is 4.42 Å². The fraction of sp³-hybridized carbons (Fsp3) is 0. The molecule has 0 N–H and O–H groups in total. The molecule has 0 unspecified atom stereocenters. The smallest absolute Gasteiger partial charge is 0.143 e. The molecule has 2 aromatic heterocycles. The van der Waals surface area contributed by atoms with Crippen LogP contribution in [0.5, 0.6) is 0 Å². The molecule has 0 saturated heterocycles. The number of fused-ring (bicyclic) bond motifs is 6. The van der Waals surface area contributed by atoms with Gasteiger partial charge in [0.1, 0.15) is 11.2 Å². The monoisotopic (exact) mass is 804 g/mol. The topological polar surface area (TPSA) is 21.3 Å². The van der Waals surface area contributed by atoms with Crippen LogP contribution in [0.25, 0.3) is 93.9 Å². The zero-order chi connectivity index (χ0) is 41.7. The van der Waals surface area contributed by atoms with Gasteiger partial charge in [-0.1, -0.05) is 182 Å². The van der Waals surface area contributed by atoms with Crippen LogP contribution in [0.2, 0.25) is 0 Å². The first-order valence-corrected chi connectivity index (χ1v) is 21.5. The molecule has 0 bridgehead atoms. The Morgan fingerprint density at radius 1 is 0.302 bits per heavy atom. The van der Waals surface area contributed by atoms with Gasteiger partial charge in [-0.15, -0.1) is 0 Å². The first-order valence-electron chi connectivity index (χ1n) is 21.5. The molecular formula is C60H40N2O. The molecule has 12 aromatic rings. The Kier molecular flexibility index (Phi) is 8.83. The minimum absolute atomic E-state index is 0.902. The Morgan fingerprint density at radius 3 is 1.52 bits per heavy atom. The maximum Gasteiger partial charge on any atom is 0.143 e. The van der Waals surface area contributed by atoms with Gasteiger partial charge in [0, 0.05) is 49.7 Å². The number of rotatable bonds is 8. The Bertz CT molecular complexity index is 3560. The van der Waals surface area contributed by atoms with Crippen molar-refractivity contribution in [2.45, 2.75) is 0 Å². The van der Waals surface area contributed by atoms with E-state index in [9.17, 15) is 0 Å². The zero-order valence-corrected chi connectivity index (χ0v) is 34.4. The lowest BCUT2D eigenvalue weighted by atomic mass is 9.93. The Morgan fingerprint density at radius 2 is 0.810 bits per heavy atom. The summed E-state index contributed by atoms with van der Waals surface area (Å²) in [4.78, 5) is 2.35. The highest BCUT2D eigenvalue weighted by molar-refractivity contribution is 6.11. The van der Waals surface area contributed by atoms with E-state index in [1.807, 2.05) is 12.1 Å². The summed E-state index contributed by atoms with van der Waals surface area (Å²) in [7, 11) is 0. The highest BCUT2D eigenvalue weighted by Gasteiger charge is 2.19. The van der Waals surface area contributed by atoms with Crippen LogP contribution in [0, 0.1) is 0 Å². The van der Waals surface area contributed by atoms with E-state index in [4.69, 9.17) is 4.42 Å². The summed E-state index contributed by atoms with van der Waals surface area (Å²) in [5.41, 5.74) is 17.8. The quantitative estimate of drug-likeness (QED) is 0.153. The van der Waals surface area contributed by atoms with E-state index in [0.717, 1.165) is 61.4 Å². The van der Waals surface area contributed by atoms with Gasteiger partial charge in [0.05, 0.1) is 16.7 Å². The number of hydrogen-bond donors (Lipinski definition) is 0. The van der Waals surface area contributed by atoms with Crippen LogP contribution in [-0.2, 0) is 0 Å². The third kappa shape index (κ3) is 6.29. The fourth-order valence-electron chi connectivity index (χ4n) is 9.51. The molecule has 0 spiro atoms. The van der Waals surface area contributed by atoms with Crippen molar-refractivity contribution in [2.24, 2.45) is 0 Å². The maximum absolute atomic E-state index is 6.44. The van der Waals surface area contributed by atoms with Crippen LogP contribution in [0.1, 0.15) is 0 Å². The van der Waals surface area contributed by atoms with Crippen LogP contribution in [0.3, 0.4) is 0 Å². The molecule has 0 amide bonds. The second kappa shape index (κ2) is 15.3. The van der Waals surface area contributed by atoms with E-state index < -0.39 is 0 Å². The highest BCUT2D eigenvalue weighted by Crippen LogP contribution is 2.43. The van der Waals surface area contributed by atoms with Gasteiger partial charge in [-0.2, -0.15) is 0 Å². The summed E-state index contributed by atoms with van der Waals surface area (Å²) in [6, 6.07) is 87.0. The maximum atomic E-state index is 6.44. The second-order valence-corrected chi connectivity index (χ2v) is 16.1. The molecule has 10 aromatic carbocycles. The molecule has 0 aliphatic rings. The van der Waals surface area contributed by atoms with Crippen LogP contribution in [-0.4, -0.2) is 4.57 Å². The second-order valence-electron chi connectivity index (χ2n) is 16.1. The van der Waals surface area contributed by atoms with Gasteiger partial charge >= 0.3 is 0 Å². The van der Waals surface area contributed by atoms with Crippen molar-refractivity contribution in [3.05, 3.63) is 243 Å². The Hall–Kier alpha value is -8.40. The number of benzene rings is 10. The first-order chi connectivity index (χ1) is 31.3. The number of furan rings is 1. The normalized spacial score (nSPS) is 11.5. The standard InChI is InChI=1S/C60H40N2O/c1-2-16-41(17-3-1)44-18-14-19-47(40-44)61(46-38-34-43(35-39-46)49-26-15-27-55-54-25-9-13-31-59(54)63-60(49)55)45-36-32-42(33-37-45)48-20-4-5-21-50(48)51-22-6-10-28-56(51)62-57-29-11-7-23-52(57)53-24-8-12-30-58(53)62/h1-40H. The van der Waals surface area contributed by atoms with Crippen LogP contribution >= 0.6 is 0 Å². The van der Waals surface area contributed by atoms with Gasteiger partial charge in [0.2, 0.25) is 0 Å². The SMILES string of the molecule is c1ccc(-c2cccc(N(c3ccc(-c4ccccc4-c4ccccc4-n4c5ccccc5c5ccccc54)cc3)c3ccc(-c4cccc5c4oc4ccccc45)cc3)c2)cc1. The first kappa shape index (κ1) is 36.5. The summed E-state index contributed by atoms with van der Waals surface area (Å²) in [6.07, 6.45) is 0. The predicted molar refractivity (Wildman–Crippen MR) is 264 cm³/mol. The van der Waals surface area contributed by atoms with Crippen molar-refractivity contribution in [2.75, 3.05) is 4.90 Å². The lowest BCUT2D eigenvalue weighted by Crippen LogP contribution is -2.10. The molecule has 0 aliphatic carbocycles. The molecule has 0 fully saturated rings. The summed E-state index contributed by atoms with van der Waals surface area (Å²) in [6.45, 7) is 0. The lowest BCUT2D eigenvalue weighted by Gasteiger charge is -2.26. The summed E-state index contributed by atoms with van der Waals surface area (Å²) >= 11 is 0. The number of aromatic nitrogens is 1. The van der Waals surface area contributed by atoms with Crippen LogP contribution in [0.4, 0.5) is 17.1 Å². The fourth-order valence-corrected chi connectivity index (χ4v) is 9.51. The molecule has 0 atom stereocenters. The number of para-hydroxylation sites is 5. The van der Waals surface area contributed by atoms with Gasteiger partial charge in [-0.3, -0.25) is 0 Å². The number of nitrogens with zero attached hydrogens (tertiary/aromatic N) is 2. The molecule has 12 rings (SSSR count). The third-order valence-corrected chi connectivity index (χ3v) is 12.4. The van der Waals surface area contributed by atoms with Crippen LogP contribution < -0.4 is 4.90 Å². The van der Waals surface area contributed by atoms with Crippen LogP contribution in [0.15, 0.2) is 247 Å². The van der Waals surface area contributed by atoms with E-state index >= 15 is 0 Å². The Labute approximate surface area is 366 Å². The molecule has 63 heavy (non-hydrogen) atoms. The summed E-state index contributed by atoms with van der Waals surface area (Å²) in [5, 5.41) is 4.77. The average molecular weight is 805 g/mol. The molecule has 0 aliphatic heterocycles. The van der Waals surface area contributed by atoms with E-state index in [0.29, 0.717) is 0 Å². The third-order valence-electron chi connectivity index (χ3n) is 12.4. The minimum atomic E-state index is 0.902. The van der Waals surface area contributed by atoms with Crippen molar-refractivity contribution in [3.63, 3.8) is 0 Å². The van der Waals surface area contributed by atoms with Crippen molar-refractivity contribution in [1.82, 2.24) is 4.57 Å². The van der Waals surface area contributed by atoms with Gasteiger partial charge in [-0.25, -0.2) is 0 Å². The number of anilines is 3. The summed E-state index contributed by atoms with van der Waals surface area (Å²) in [5.74, 6) is 0. The van der Waals surface area contributed by atoms with Gasteiger partial charge in [-0.05, 0) is 94.0 Å². The van der Waals surface area contributed by atoms with Crippen molar-refractivity contribution >= 4 is 60.8 Å². The van der Waals surface area contributed by atoms with E-state index in [-0.39, 0.29) is 0 Å². The van der Waals surface area contributed by atoms with Gasteiger partial charge in [0.25, 0.3) is 0 Å². The molecule has 296 valence electrons. The zero-order valence-electron chi connectivity index (χ0n) is 34.4. The molecule has 3 nitrogen and oxygen atoms in total. The van der Waals surface area contributed by atoms with Gasteiger partial charge < -0.3 is 13.9 Å². The van der Waals surface area contributed by atoms with Gasteiger partial charge in [0.15, 0.2) is 0 Å². The molecular weight excluding hydrogens is 765 g/mol. The molecule has 3 heteroatoms. The van der Waals surface area contributed by atoms with E-state index in [2.05, 4.69) is 240 Å². The van der Waals surface area contributed by atoms with E-state index in [1.165, 1.54) is 49.6 Å². The molecule has 0 saturated carbocycles. The van der Waals surface area contributed by atoms with E-state index in [1.54, 1.807) is 0 Å². The molecule has 0 radical (unpaired) electrons. The largest absolute Gasteiger partial charge is 0.455 e. The predicted octanol–water partition coefficient (Wildman–Crippen LogP) is 16.8. The lowest BCUT2D eigenvalue weighted by molar-refractivity contribution is 0.670. The number of hydrogen-bond acceptors (Lipinski definition) is 2. The average Bonchev–Trinajstić information content (AvgIpc) is 3.91. The van der Waals surface area contributed by atoms with Crippen molar-refractivity contribution in [3.8, 4) is 50.2 Å². The summed E-state index contributed by atoms with van der Waals surface area (Å²) < 4.78 is 8.86. The molecule has 2 heterocycles. The highest BCUT2D eigenvalue weighted by atomic mass is 16.3. The Balaban J connectivity index is 0.956. The minimum Gasteiger partial charge on any atom is -0.455 e.